The van der Waals surface area contributed by atoms with Gasteiger partial charge >= 0.3 is 0 Å². The molecule has 0 aliphatic carbocycles. The molecule has 0 spiro atoms. The van der Waals surface area contributed by atoms with E-state index in [1.54, 1.807) is 18.2 Å². The second kappa shape index (κ2) is 5.07. The third kappa shape index (κ3) is 2.80. The van der Waals surface area contributed by atoms with Crippen LogP contribution >= 0.6 is 0 Å². The minimum atomic E-state index is -3.60. The number of aryl methyl sites for hydroxylation is 1. The fourth-order valence-corrected chi connectivity index (χ4v) is 3.05. The van der Waals surface area contributed by atoms with Gasteiger partial charge in [-0.2, -0.15) is 4.31 Å². The Morgan fingerprint density at radius 3 is 2.63 bits per heavy atom. The Hall–Kier alpha value is -1.79. The Bertz CT molecular complexity index is 663. The third-order valence-corrected chi connectivity index (χ3v) is 4.72. The molecule has 0 aliphatic rings. The van der Waals surface area contributed by atoms with E-state index in [1.807, 2.05) is 6.92 Å². The highest BCUT2D eigenvalue weighted by molar-refractivity contribution is 7.89. The van der Waals surface area contributed by atoms with Crippen LogP contribution in [0.3, 0.4) is 0 Å². The van der Waals surface area contributed by atoms with E-state index in [2.05, 4.69) is 0 Å². The highest BCUT2D eigenvalue weighted by Gasteiger charge is 2.23. The number of hydrogen-bond donors (Lipinski definition) is 1. The summed E-state index contributed by atoms with van der Waals surface area (Å²) in [7, 11) is -2.08. The highest BCUT2D eigenvalue weighted by Crippen LogP contribution is 2.23. The standard InChI is InChI=1S/C13H16N2O3S/c1-10-3-4-13(12(14)7-10)19(16,17)15(2)8-11-5-6-18-9-11/h3-7,9H,8,14H2,1-2H3. The van der Waals surface area contributed by atoms with E-state index in [-0.39, 0.29) is 17.1 Å². The largest absolute Gasteiger partial charge is 0.472 e. The first-order chi connectivity index (χ1) is 8.91. The molecule has 0 radical (unpaired) electrons. The van der Waals surface area contributed by atoms with E-state index in [0.29, 0.717) is 0 Å². The number of nitrogen functional groups attached to an aromatic ring is 1. The average molecular weight is 280 g/mol. The summed E-state index contributed by atoms with van der Waals surface area (Å²) in [6.45, 7) is 2.11. The van der Waals surface area contributed by atoms with Crippen LogP contribution in [0.25, 0.3) is 0 Å². The summed E-state index contributed by atoms with van der Waals surface area (Å²) in [5, 5.41) is 0. The van der Waals surface area contributed by atoms with Gasteiger partial charge in [0, 0.05) is 19.2 Å². The number of nitrogens with zero attached hydrogens (tertiary/aromatic N) is 1. The molecular weight excluding hydrogens is 264 g/mol. The van der Waals surface area contributed by atoms with Crippen LogP contribution in [0.1, 0.15) is 11.1 Å². The number of sulfonamides is 1. The lowest BCUT2D eigenvalue weighted by molar-refractivity contribution is 0.463. The second-order valence-corrected chi connectivity index (χ2v) is 6.45. The second-order valence-electron chi connectivity index (χ2n) is 4.43. The Balaban J connectivity index is 2.31. The van der Waals surface area contributed by atoms with Crippen molar-refractivity contribution < 1.29 is 12.8 Å². The summed E-state index contributed by atoms with van der Waals surface area (Å²) in [6, 6.07) is 6.64. The fourth-order valence-electron chi connectivity index (χ4n) is 1.80. The normalized spacial score (nSPS) is 11.9. The Kier molecular flexibility index (Phi) is 3.64. The summed E-state index contributed by atoms with van der Waals surface area (Å²) >= 11 is 0. The van der Waals surface area contributed by atoms with Gasteiger partial charge in [-0.05, 0) is 30.7 Å². The molecule has 2 N–H and O–H groups in total. The molecule has 2 aromatic rings. The van der Waals surface area contributed by atoms with E-state index in [0.717, 1.165) is 11.1 Å². The minimum Gasteiger partial charge on any atom is -0.472 e. The van der Waals surface area contributed by atoms with Gasteiger partial charge in [0.05, 0.1) is 18.2 Å². The van der Waals surface area contributed by atoms with E-state index in [9.17, 15) is 8.42 Å². The lowest BCUT2D eigenvalue weighted by Gasteiger charge is -2.17. The van der Waals surface area contributed by atoms with Gasteiger partial charge in [0.2, 0.25) is 10.0 Å². The topological polar surface area (TPSA) is 76.5 Å². The van der Waals surface area contributed by atoms with Gasteiger partial charge in [0.25, 0.3) is 0 Å². The third-order valence-electron chi connectivity index (χ3n) is 2.84. The lowest BCUT2D eigenvalue weighted by atomic mass is 10.2. The van der Waals surface area contributed by atoms with Gasteiger partial charge in [-0.3, -0.25) is 0 Å². The molecule has 1 aromatic heterocycles. The fraction of sp³-hybridized carbons (Fsp3) is 0.231. The quantitative estimate of drug-likeness (QED) is 0.869. The van der Waals surface area contributed by atoms with E-state index < -0.39 is 10.0 Å². The number of benzene rings is 1. The minimum absolute atomic E-state index is 0.129. The molecule has 0 aliphatic heterocycles. The van der Waals surface area contributed by atoms with Crippen LogP contribution in [-0.4, -0.2) is 19.8 Å². The molecule has 0 saturated heterocycles. The predicted octanol–water partition coefficient (Wildman–Crippen LogP) is 1.99. The van der Waals surface area contributed by atoms with Crippen LogP contribution in [0.5, 0.6) is 0 Å². The Morgan fingerprint density at radius 2 is 2.05 bits per heavy atom. The maximum Gasteiger partial charge on any atom is 0.245 e. The Morgan fingerprint density at radius 1 is 1.32 bits per heavy atom. The van der Waals surface area contributed by atoms with Gasteiger partial charge in [0.15, 0.2) is 0 Å². The molecule has 5 nitrogen and oxygen atoms in total. The zero-order valence-corrected chi connectivity index (χ0v) is 11.6. The molecule has 0 atom stereocenters. The first-order valence-corrected chi connectivity index (χ1v) is 7.19. The molecule has 1 aromatic carbocycles. The predicted molar refractivity (Wildman–Crippen MR) is 73.0 cm³/mol. The molecule has 0 amide bonds. The first kappa shape index (κ1) is 13.6. The number of anilines is 1. The number of hydrogen-bond acceptors (Lipinski definition) is 4. The molecule has 1 heterocycles. The van der Waals surface area contributed by atoms with E-state index in [4.69, 9.17) is 10.2 Å². The number of nitrogens with two attached hydrogens (primary N) is 1. The van der Waals surface area contributed by atoms with Crippen LogP contribution in [0.4, 0.5) is 5.69 Å². The summed E-state index contributed by atoms with van der Waals surface area (Å²) < 4.78 is 31.0. The van der Waals surface area contributed by atoms with Gasteiger partial charge in [-0.1, -0.05) is 6.07 Å². The average Bonchev–Trinajstić information content (AvgIpc) is 2.81. The van der Waals surface area contributed by atoms with Crippen LogP contribution < -0.4 is 5.73 Å². The summed E-state index contributed by atoms with van der Waals surface area (Å²) in [5.74, 6) is 0. The Labute approximate surface area is 112 Å². The van der Waals surface area contributed by atoms with Crippen molar-refractivity contribution in [3.05, 3.63) is 47.9 Å². The van der Waals surface area contributed by atoms with Crippen molar-refractivity contribution >= 4 is 15.7 Å². The zero-order chi connectivity index (χ0) is 14.0. The van der Waals surface area contributed by atoms with Crippen LogP contribution in [0, 0.1) is 6.92 Å². The van der Waals surface area contributed by atoms with Crippen molar-refractivity contribution in [3.8, 4) is 0 Å². The highest BCUT2D eigenvalue weighted by atomic mass is 32.2. The van der Waals surface area contributed by atoms with Crippen molar-refractivity contribution in [2.24, 2.45) is 0 Å². The van der Waals surface area contributed by atoms with Gasteiger partial charge in [-0.15, -0.1) is 0 Å². The van der Waals surface area contributed by atoms with Gasteiger partial charge in [-0.25, -0.2) is 8.42 Å². The van der Waals surface area contributed by atoms with Gasteiger partial charge in [0.1, 0.15) is 4.90 Å². The zero-order valence-electron chi connectivity index (χ0n) is 10.8. The molecular formula is C13H16N2O3S. The molecule has 0 unspecified atom stereocenters. The molecule has 0 bridgehead atoms. The molecule has 6 heteroatoms. The van der Waals surface area contributed by atoms with Crippen molar-refractivity contribution in [2.45, 2.75) is 18.4 Å². The molecule has 2 rings (SSSR count). The SMILES string of the molecule is Cc1ccc(S(=O)(=O)N(C)Cc2ccoc2)c(N)c1. The monoisotopic (exact) mass is 280 g/mol. The maximum atomic E-state index is 12.4. The molecule has 0 saturated carbocycles. The summed E-state index contributed by atoms with van der Waals surface area (Å²) in [6.07, 6.45) is 3.03. The van der Waals surface area contributed by atoms with Crippen molar-refractivity contribution in [3.63, 3.8) is 0 Å². The molecule has 19 heavy (non-hydrogen) atoms. The van der Waals surface area contributed by atoms with E-state index in [1.165, 1.54) is 29.9 Å². The smallest absolute Gasteiger partial charge is 0.245 e. The summed E-state index contributed by atoms with van der Waals surface area (Å²) in [5.41, 5.74) is 7.77. The van der Waals surface area contributed by atoms with Crippen LogP contribution in [0.2, 0.25) is 0 Å². The summed E-state index contributed by atoms with van der Waals surface area (Å²) in [4.78, 5) is 0.129. The lowest BCUT2D eigenvalue weighted by Crippen LogP contribution is -2.27. The van der Waals surface area contributed by atoms with Crippen molar-refractivity contribution in [2.75, 3.05) is 12.8 Å². The first-order valence-electron chi connectivity index (χ1n) is 5.75. The maximum absolute atomic E-state index is 12.4. The van der Waals surface area contributed by atoms with Crippen molar-refractivity contribution in [1.29, 1.82) is 0 Å². The van der Waals surface area contributed by atoms with Crippen LogP contribution in [0.15, 0.2) is 46.1 Å². The van der Waals surface area contributed by atoms with E-state index >= 15 is 0 Å². The number of rotatable bonds is 4. The molecule has 0 fully saturated rings. The molecule has 102 valence electrons. The van der Waals surface area contributed by atoms with Crippen LogP contribution in [-0.2, 0) is 16.6 Å². The number of furan rings is 1. The van der Waals surface area contributed by atoms with Crippen molar-refractivity contribution in [1.82, 2.24) is 4.31 Å². The van der Waals surface area contributed by atoms with Gasteiger partial charge < -0.3 is 10.2 Å².